The average molecular weight is 409 g/mol. The number of H-pyrrole nitrogens is 1. The lowest BCUT2D eigenvalue weighted by molar-refractivity contribution is -0.142. The molecule has 1 fully saturated rings. The van der Waals surface area contributed by atoms with Crippen molar-refractivity contribution in [2.45, 2.75) is 19.4 Å². The van der Waals surface area contributed by atoms with Crippen LogP contribution >= 0.6 is 0 Å². The molecule has 3 aromatic rings. The second-order valence-electron chi connectivity index (χ2n) is 7.73. The molecule has 4 N–H and O–H groups in total. The molecule has 0 aliphatic carbocycles. The zero-order valence-electron chi connectivity index (χ0n) is 16.5. The molecular weight excluding hydrogens is 385 g/mol. The maximum Gasteiger partial charge on any atom is 0.229 e. The fourth-order valence-electron chi connectivity index (χ4n) is 3.89. The Morgan fingerprint density at radius 2 is 2.00 bits per heavy atom. The van der Waals surface area contributed by atoms with Crippen LogP contribution in [0.5, 0.6) is 0 Å². The minimum absolute atomic E-state index is 0.0601. The van der Waals surface area contributed by atoms with Crippen LogP contribution in [0.4, 0.5) is 10.3 Å². The molecule has 2 aromatic heterocycles. The van der Waals surface area contributed by atoms with Crippen molar-refractivity contribution < 1.29 is 9.18 Å². The Balaban J connectivity index is 1.42. The van der Waals surface area contributed by atoms with Gasteiger partial charge in [0, 0.05) is 62.4 Å². The van der Waals surface area contributed by atoms with Crippen molar-refractivity contribution in [2.75, 3.05) is 25.4 Å². The highest BCUT2D eigenvalue weighted by Crippen LogP contribution is 2.36. The van der Waals surface area contributed by atoms with E-state index >= 15 is 0 Å². The van der Waals surface area contributed by atoms with E-state index in [1.165, 1.54) is 6.07 Å². The van der Waals surface area contributed by atoms with Crippen molar-refractivity contribution in [1.82, 2.24) is 30.4 Å². The first-order valence-electron chi connectivity index (χ1n) is 9.83. The Morgan fingerprint density at radius 3 is 2.70 bits per heavy atom. The van der Waals surface area contributed by atoms with E-state index in [2.05, 4.69) is 30.4 Å². The number of anilines is 1. The number of hydrogen-bond acceptors (Lipinski definition) is 6. The van der Waals surface area contributed by atoms with Crippen molar-refractivity contribution in [2.24, 2.45) is 5.41 Å². The largest absolute Gasteiger partial charge is 0.368 e. The summed E-state index contributed by atoms with van der Waals surface area (Å²) in [5, 5.41) is 9.81. The number of benzene rings is 1. The average Bonchev–Trinajstić information content (AvgIpc) is 3.22. The molecule has 0 radical (unpaired) electrons. The standard InChI is InChI=1S/C21H24FN7O/c22-18-4-2-1-3-16(18)9-21(19(30)24-7-5-17-6-8-27-28-17)13-29(14-21)12-15-10-25-20(23)26-11-15/h1-4,6,8,10-11H,5,7,9,12-14H2,(H,24,30)(H,27,28)(H2,23,25,26). The number of rotatable bonds is 8. The van der Waals surface area contributed by atoms with Gasteiger partial charge in [0.25, 0.3) is 0 Å². The molecule has 30 heavy (non-hydrogen) atoms. The minimum atomic E-state index is -0.676. The van der Waals surface area contributed by atoms with E-state index in [-0.39, 0.29) is 17.7 Å². The first kappa shape index (κ1) is 20.0. The molecule has 1 aromatic carbocycles. The predicted octanol–water partition coefficient (Wildman–Crippen LogP) is 1.32. The van der Waals surface area contributed by atoms with Gasteiger partial charge in [-0.1, -0.05) is 18.2 Å². The molecule has 1 saturated heterocycles. The van der Waals surface area contributed by atoms with Crippen molar-refractivity contribution >= 4 is 11.9 Å². The van der Waals surface area contributed by atoms with Gasteiger partial charge in [-0.2, -0.15) is 5.10 Å². The Morgan fingerprint density at radius 1 is 1.23 bits per heavy atom. The number of nitrogens with zero attached hydrogens (tertiary/aromatic N) is 4. The topological polar surface area (TPSA) is 113 Å². The van der Waals surface area contributed by atoms with Gasteiger partial charge in [0.1, 0.15) is 5.82 Å². The van der Waals surface area contributed by atoms with Gasteiger partial charge in [0.05, 0.1) is 5.41 Å². The molecule has 0 unspecified atom stereocenters. The number of nitrogens with two attached hydrogens (primary N) is 1. The molecule has 1 amide bonds. The number of amides is 1. The van der Waals surface area contributed by atoms with E-state index in [4.69, 9.17) is 5.73 Å². The first-order valence-corrected chi connectivity index (χ1v) is 9.83. The highest BCUT2D eigenvalue weighted by Gasteiger charge is 2.49. The third-order valence-electron chi connectivity index (χ3n) is 5.39. The highest BCUT2D eigenvalue weighted by atomic mass is 19.1. The third-order valence-corrected chi connectivity index (χ3v) is 5.39. The maximum absolute atomic E-state index is 14.3. The molecule has 0 bridgehead atoms. The van der Waals surface area contributed by atoms with Gasteiger partial charge in [-0.25, -0.2) is 14.4 Å². The lowest BCUT2D eigenvalue weighted by Gasteiger charge is -2.49. The zero-order chi connectivity index (χ0) is 21.0. The van der Waals surface area contributed by atoms with Gasteiger partial charge in [-0.05, 0) is 24.1 Å². The minimum Gasteiger partial charge on any atom is -0.368 e. The summed E-state index contributed by atoms with van der Waals surface area (Å²) in [4.78, 5) is 23.3. The normalized spacial score (nSPS) is 15.5. The summed E-state index contributed by atoms with van der Waals surface area (Å²) in [6.07, 6.45) is 6.06. The van der Waals surface area contributed by atoms with Gasteiger partial charge in [-0.3, -0.25) is 14.8 Å². The summed E-state index contributed by atoms with van der Waals surface area (Å²) >= 11 is 0. The van der Waals surface area contributed by atoms with Gasteiger partial charge in [0.2, 0.25) is 11.9 Å². The Kier molecular flexibility index (Phi) is 5.71. The van der Waals surface area contributed by atoms with Crippen LogP contribution in [0.1, 0.15) is 16.8 Å². The van der Waals surface area contributed by atoms with Gasteiger partial charge < -0.3 is 11.1 Å². The lowest BCUT2D eigenvalue weighted by Crippen LogP contribution is -2.64. The van der Waals surface area contributed by atoms with Crippen molar-refractivity contribution in [3.63, 3.8) is 0 Å². The van der Waals surface area contributed by atoms with Crippen LogP contribution < -0.4 is 11.1 Å². The smallest absolute Gasteiger partial charge is 0.229 e. The van der Waals surface area contributed by atoms with Crippen LogP contribution in [-0.2, 0) is 24.2 Å². The molecule has 0 atom stereocenters. The summed E-state index contributed by atoms with van der Waals surface area (Å²) in [7, 11) is 0. The van der Waals surface area contributed by atoms with Crippen LogP contribution in [0.2, 0.25) is 0 Å². The number of aromatic amines is 1. The SMILES string of the molecule is Nc1ncc(CN2CC(Cc3ccccc3F)(C(=O)NCCc3ccn[nH]3)C2)cn1. The van der Waals surface area contributed by atoms with E-state index in [1.54, 1.807) is 36.8 Å². The molecule has 9 heteroatoms. The van der Waals surface area contributed by atoms with Gasteiger partial charge in [-0.15, -0.1) is 0 Å². The number of nitrogens with one attached hydrogen (secondary N) is 2. The van der Waals surface area contributed by atoms with E-state index in [9.17, 15) is 9.18 Å². The van der Waals surface area contributed by atoms with Crippen LogP contribution in [-0.4, -0.2) is 50.6 Å². The number of carbonyl (C=O) groups excluding carboxylic acids is 1. The molecule has 0 saturated carbocycles. The van der Waals surface area contributed by atoms with Crippen LogP contribution in [0.25, 0.3) is 0 Å². The van der Waals surface area contributed by atoms with Gasteiger partial charge in [0.15, 0.2) is 0 Å². The highest BCUT2D eigenvalue weighted by molar-refractivity contribution is 5.84. The first-order chi connectivity index (χ1) is 14.5. The molecule has 4 rings (SSSR count). The third kappa shape index (κ3) is 4.46. The number of nitrogen functional groups attached to an aromatic ring is 1. The number of hydrogen-bond donors (Lipinski definition) is 3. The maximum atomic E-state index is 14.3. The fraction of sp³-hybridized carbons (Fsp3) is 0.333. The Hall–Kier alpha value is -3.33. The fourth-order valence-corrected chi connectivity index (χ4v) is 3.89. The molecule has 3 heterocycles. The summed E-state index contributed by atoms with van der Waals surface area (Å²) in [6.45, 7) is 2.16. The van der Waals surface area contributed by atoms with Crippen LogP contribution in [0.3, 0.4) is 0 Å². The number of halogens is 1. The Labute approximate surface area is 173 Å². The number of carbonyl (C=O) groups is 1. The second kappa shape index (κ2) is 8.58. The van der Waals surface area contributed by atoms with E-state index < -0.39 is 5.41 Å². The molecule has 1 aliphatic heterocycles. The molecule has 156 valence electrons. The lowest BCUT2D eigenvalue weighted by atomic mass is 9.73. The van der Waals surface area contributed by atoms with Crippen LogP contribution in [0, 0.1) is 11.2 Å². The van der Waals surface area contributed by atoms with Crippen molar-refractivity contribution in [1.29, 1.82) is 0 Å². The van der Waals surface area contributed by atoms with Crippen LogP contribution in [0.15, 0.2) is 48.9 Å². The monoisotopic (exact) mass is 409 g/mol. The summed E-state index contributed by atoms with van der Waals surface area (Å²) in [5.74, 6) is -0.115. The molecular formula is C21H24FN7O. The molecule has 1 aliphatic rings. The van der Waals surface area contributed by atoms with Crippen molar-refractivity contribution in [3.05, 3.63) is 71.6 Å². The van der Waals surface area contributed by atoms with E-state index in [0.717, 1.165) is 11.3 Å². The summed E-state index contributed by atoms with van der Waals surface area (Å²) in [5.41, 5.74) is 7.29. The molecule has 8 nitrogen and oxygen atoms in total. The summed E-state index contributed by atoms with van der Waals surface area (Å²) in [6, 6.07) is 8.50. The quantitative estimate of drug-likeness (QED) is 0.517. The number of aromatic nitrogens is 4. The van der Waals surface area contributed by atoms with Gasteiger partial charge >= 0.3 is 0 Å². The zero-order valence-corrected chi connectivity index (χ0v) is 16.5. The summed E-state index contributed by atoms with van der Waals surface area (Å²) < 4.78 is 14.3. The molecule has 0 spiro atoms. The number of likely N-dealkylation sites (tertiary alicyclic amines) is 1. The second-order valence-corrected chi connectivity index (χ2v) is 7.73. The van der Waals surface area contributed by atoms with E-state index in [1.807, 2.05) is 6.07 Å². The van der Waals surface area contributed by atoms with E-state index in [0.29, 0.717) is 44.6 Å². The van der Waals surface area contributed by atoms with Crippen molar-refractivity contribution in [3.8, 4) is 0 Å². The predicted molar refractivity (Wildman–Crippen MR) is 110 cm³/mol. The Bertz CT molecular complexity index is 985.